The molecule has 0 aliphatic carbocycles. The highest BCUT2D eigenvalue weighted by Gasteiger charge is 2.31. The Bertz CT molecular complexity index is 1220. The Hall–Kier alpha value is -3.32. The zero-order chi connectivity index (χ0) is 23.7. The summed E-state index contributed by atoms with van der Waals surface area (Å²) in [6.45, 7) is 4.30. The first kappa shape index (κ1) is 22.5. The topological polar surface area (TPSA) is 73.7 Å². The maximum atomic E-state index is 13.3. The van der Waals surface area contributed by atoms with E-state index < -0.39 is 0 Å². The lowest BCUT2D eigenvalue weighted by molar-refractivity contribution is 0.0649. The van der Waals surface area contributed by atoms with E-state index in [1.165, 1.54) is 0 Å². The molecule has 2 aliphatic rings. The molecule has 176 valence electrons. The Morgan fingerprint density at radius 1 is 1.03 bits per heavy atom. The van der Waals surface area contributed by atoms with Gasteiger partial charge in [-0.3, -0.25) is 9.59 Å². The molecule has 0 N–H and O–H groups in total. The second-order valence-corrected chi connectivity index (χ2v) is 9.04. The summed E-state index contributed by atoms with van der Waals surface area (Å²) >= 11 is 6.59. The van der Waals surface area contributed by atoms with Crippen LogP contribution in [0.25, 0.3) is 0 Å². The fraction of sp³-hybridized carbons (Fsp3) is 0.346. The summed E-state index contributed by atoms with van der Waals surface area (Å²) in [5.74, 6) is 1.09. The average Bonchev–Trinajstić information content (AvgIpc) is 3.15. The number of halogens is 1. The number of likely N-dealkylation sites (tertiary alicyclic amines) is 1. The van der Waals surface area contributed by atoms with Gasteiger partial charge in [-0.05, 0) is 43.5 Å². The minimum Gasteiger partial charge on any atom is -0.486 e. The monoisotopic (exact) mass is 479 g/mol. The van der Waals surface area contributed by atoms with Crippen molar-refractivity contribution in [3.8, 4) is 11.5 Å². The van der Waals surface area contributed by atoms with Gasteiger partial charge in [0.15, 0.2) is 17.3 Å². The molecular weight excluding hydrogens is 454 g/mol. The predicted molar refractivity (Wildman–Crippen MR) is 128 cm³/mol. The zero-order valence-electron chi connectivity index (χ0n) is 19.0. The Labute approximate surface area is 203 Å². The lowest BCUT2D eigenvalue weighted by Gasteiger charge is -2.31. The van der Waals surface area contributed by atoms with Gasteiger partial charge in [0.05, 0.1) is 17.8 Å². The Morgan fingerprint density at radius 2 is 1.74 bits per heavy atom. The predicted octanol–water partition coefficient (Wildman–Crippen LogP) is 4.40. The van der Waals surface area contributed by atoms with Crippen molar-refractivity contribution in [1.82, 2.24) is 14.7 Å². The van der Waals surface area contributed by atoms with Crippen LogP contribution in [0, 0.1) is 12.8 Å². The van der Waals surface area contributed by atoms with Crippen LogP contribution >= 0.6 is 11.6 Å². The van der Waals surface area contributed by atoms with Crippen LogP contribution in [0.4, 0.5) is 0 Å². The zero-order valence-corrected chi connectivity index (χ0v) is 19.8. The number of carbonyl (C=O) groups is 2. The first-order valence-corrected chi connectivity index (χ1v) is 11.9. The first-order chi connectivity index (χ1) is 16.5. The largest absolute Gasteiger partial charge is 0.486 e. The molecule has 1 amide bonds. The summed E-state index contributed by atoms with van der Waals surface area (Å²) in [7, 11) is 0. The lowest BCUT2D eigenvalue weighted by atomic mass is 9.88. The molecule has 0 spiro atoms. The minimum absolute atomic E-state index is 0.0777. The van der Waals surface area contributed by atoms with Crippen LogP contribution in [0.5, 0.6) is 11.5 Å². The van der Waals surface area contributed by atoms with E-state index in [-0.39, 0.29) is 17.6 Å². The van der Waals surface area contributed by atoms with Gasteiger partial charge < -0.3 is 14.4 Å². The van der Waals surface area contributed by atoms with Gasteiger partial charge in [-0.25, -0.2) is 4.68 Å². The third-order valence-electron chi connectivity index (χ3n) is 6.43. The number of benzene rings is 2. The summed E-state index contributed by atoms with van der Waals surface area (Å²) in [6, 6.07) is 15.2. The molecule has 2 aromatic carbocycles. The normalized spacial score (nSPS) is 15.9. The van der Waals surface area contributed by atoms with Crippen molar-refractivity contribution in [1.29, 1.82) is 0 Å². The quantitative estimate of drug-likeness (QED) is 0.507. The number of amides is 1. The van der Waals surface area contributed by atoms with Crippen LogP contribution < -0.4 is 9.47 Å². The van der Waals surface area contributed by atoms with Gasteiger partial charge in [-0.1, -0.05) is 41.9 Å². The number of ether oxygens (including phenoxy) is 2. The summed E-state index contributed by atoms with van der Waals surface area (Å²) in [5.41, 5.74) is 2.73. The number of nitrogens with zero attached hydrogens (tertiary/aromatic N) is 3. The molecular formula is C26H26ClN3O4. The Morgan fingerprint density at radius 3 is 2.47 bits per heavy atom. The molecule has 2 aliphatic heterocycles. The molecule has 8 heteroatoms. The van der Waals surface area contributed by atoms with Crippen molar-refractivity contribution < 1.29 is 19.1 Å². The van der Waals surface area contributed by atoms with Gasteiger partial charge in [0, 0.05) is 24.6 Å². The van der Waals surface area contributed by atoms with Gasteiger partial charge in [-0.2, -0.15) is 5.10 Å². The van der Waals surface area contributed by atoms with E-state index in [1.807, 2.05) is 30.3 Å². The molecule has 1 aromatic heterocycles. The van der Waals surface area contributed by atoms with E-state index in [2.05, 4.69) is 5.10 Å². The number of Topliss-reactive ketones (excluding diaryl/α,β-unsaturated/α-hetero) is 1. The van der Waals surface area contributed by atoms with Gasteiger partial charge in [-0.15, -0.1) is 0 Å². The fourth-order valence-electron chi connectivity index (χ4n) is 4.59. The van der Waals surface area contributed by atoms with Crippen molar-refractivity contribution >= 4 is 23.3 Å². The highest BCUT2D eigenvalue weighted by molar-refractivity contribution is 6.33. The number of carbonyl (C=O) groups excluding carboxylic acids is 2. The molecule has 7 nitrogen and oxygen atoms in total. The van der Waals surface area contributed by atoms with E-state index in [1.54, 1.807) is 34.7 Å². The van der Waals surface area contributed by atoms with Crippen molar-refractivity contribution in [2.75, 3.05) is 26.3 Å². The number of piperidine rings is 1. The SMILES string of the molecule is Cc1nn(Cc2ccccc2)c(Cl)c1C(=O)N1CCC(C(=O)c2ccc3c(c2)OCCO3)CC1. The second kappa shape index (κ2) is 9.50. The molecule has 5 rings (SSSR count). The fourth-order valence-corrected chi connectivity index (χ4v) is 4.91. The highest BCUT2D eigenvalue weighted by atomic mass is 35.5. The second-order valence-electron chi connectivity index (χ2n) is 8.68. The number of aryl methyl sites for hydroxylation is 1. The van der Waals surface area contributed by atoms with Crippen LogP contribution in [-0.4, -0.2) is 52.7 Å². The van der Waals surface area contributed by atoms with Gasteiger partial charge in [0.1, 0.15) is 18.4 Å². The maximum absolute atomic E-state index is 13.3. The Balaban J connectivity index is 1.24. The van der Waals surface area contributed by atoms with Gasteiger partial charge in [0.2, 0.25) is 0 Å². The van der Waals surface area contributed by atoms with Gasteiger partial charge >= 0.3 is 0 Å². The Kier molecular flexibility index (Phi) is 6.28. The van der Waals surface area contributed by atoms with Crippen molar-refractivity contribution in [2.45, 2.75) is 26.3 Å². The lowest BCUT2D eigenvalue weighted by Crippen LogP contribution is -2.40. The van der Waals surface area contributed by atoms with Crippen LogP contribution in [0.2, 0.25) is 5.15 Å². The summed E-state index contributed by atoms with van der Waals surface area (Å²) in [5, 5.41) is 4.85. The molecule has 34 heavy (non-hydrogen) atoms. The smallest absolute Gasteiger partial charge is 0.258 e. The number of aromatic nitrogens is 2. The summed E-state index contributed by atoms with van der Waals surface area (Å²) < 4.78 is 12.8. The van der Waals surface area contributed by atoms with E-state index >= 15 is 0 Å². The molecule has 1 fully saturated rings. The average molecular weight is 480 g/mol. The molecule has 0 atom stereocenters. The van der Waals surface area contributed by atoms with Crippen molar-refractivity contribution in [3.63, 3.8) is 0 Å². The summed E-state index contributed by atoms with van der Waals surface area (Å²) in [4.78, 5) is 28.1. The third kappa shape index (κ3) is 4.40. The van der Waals surface area contributed by atoms with Crippen LogP contribution in [0.1, 0.15) is 44.8 Å². The van der Waals surface area contributed by atoms with Crippen molar-refractivity contribution in [3.05, 3.63) is 76.1 Å². The van der Waals surface area contributed by atoms with Crippen molar-refractivity contribution in [2.24, 2.45) is 5.92 Å². The van der Waals surface area contributed by atoms with Crippen LogP contribution in [0.3, 0.4) is 0 Å². The molecule has 1 saturated heterocycles. The van der Waals surface area contributed by atoms with E-state index in [0.717, 1.165) is 5.56 Å². The first-order valence-electron chi connectivity index (χ1n) is 11.5. The molecule has 3 aromatic rings. The number of ketones is 1. The molecule has 0 bridgehead atoms. The highest BCUT2D eigenvalue weighted by Crippen LogP contribution is 2.33. The standard InChI is InChI=1S/C26H26ClN3O4/c1-17-23(25(27)30(28-17)16-18-5-3-2-4-6-18)26(32)29-11-9-19(10-12-29)24(31)20-7-8-21-22(15-20)34-14-13-33-21/h2-8,15,19H,9-14,16H2,1H3. The van der Waals surface area contributed by atoms with Gasteiger partial charge in [0.25, 0.3) is 5.91 Å². The molecule has 0 saturated carbocycles. The van der Waals surface area contributed by atoms with E-state index in [0.29, 0.717) is 79.2 Å². The number of rotatable bonds is 5. The molecule has 0 radical (unpaired) electrons. The van der Waals surface area contributed by atoms with Crippen LogP contribution in [0.15, 0.2) is 48.5 Å². The van der Waals surface area contributed by atoms with Crippen LogP contribution in [-0.2, 0) is 6.54 Å². The molecule has 3 heterocycles. The number of hydrogen-bond acceptors (Lipinski definition) is 5. The minimum atomic E-state index is -0.135. The third-order valence-corrected chi connectivity index (χ3v) is 6.82. The number of fused-ring (bicyclic) bond motifs is 1. The maximum Gasteiger partial charge on any atom is 0.258 e. The van der Waals surface area contributed by atoms with E-state index in [4.69, 9.17) is 21.1 Å². The summed E-state index contributed by atoms with van der Waals surface area (Å²) in [6.07, 6.45) is 1.21. The van der Waals surface area contributed by atoms with E-state index in [9.17, 15) is 9.59 Å². The molecule has 0 unspecified atom stereocenters. The number of hydrogen-bond donors (Lipinski definition) is 0.